The smallest absolute Gasteiger partial charge is 0.273 e. The van der Waals surface area contributed by atoms with Crippen molar-refractivity contribution in [2.24, 2.45) is 0 Å². The molecule has 0 saturated heterocycles. The number of aromatic hydroxyl groups is 1. The monoisotopic (exact) mass is 412 g/mol. The number of nitrogens with zero attached hydrogens (tertiary/aromatic N) is 4. The van der Waals surface area contributed by atoms with Gasteiger partial charge in [0.15, 0.2) is 5.82 Å². The van der Waals surface area contributed by atoms with Crippen LogP contribution in [0.4, 0.5) is 5.69 Å². The highest BCUT2D eigenvalue weighted by atomic mass is 16.6. The first kappa shape index (κ1) is 18.6. The number of nitro groups is 1. The molecule has 0 amide bonds. The summed E-state index contributed by atoms with van der Waals surface area (Å²) in [6, 6.07) is 22.4. The molecule has 8 heteroatoms. The molecule has 0 aliphatic heterocycles. The maximum absolute atomic E-state index is 13.4. The Bertz CT molecular complexity index is 1520. The van der Waals surface area contributed by atoms with E-state index >= 15 is 0 Å². The molecule has 0 aliphatic carbocycles. The van der Waals surface area contributed by atoms with Crippen molar-refractivity contribution in [2.45, 2.75) is 6.54 Å². The Morgan fingerprint density at radius 1 is 0.935 bits per heavy atom. The zero-order valence-corrected chi connectivity index (χ0v) is 16.2. The molecule has 0 spiro atoms. The van der Waals surface area contributed by atoms with Crippen molar-refractivity contribution in [3.8, 4) is 17.3 Å². The summed E-state index contributed by atoms with van der Waals surface area (Å²) in [4.78, 5) is 28.5. The highest BCUT2D eigenvalue weighted by molar-refractivity contribution is 5.98. The van der Waals surface area contributed by atoms with Crippen molar-refractivity contribution in [1.82, 2.24) is 14.2 Å². The zero-order valence-electron chi connectivity index (χ0n) is 16.2. The largest absolute Gasteiger partial charge is 0.492 e. The molecule has 1 N–H and O–H groups in total. The maximum atomic E-state index is 13.4. The Morgan fingerprint density at radius 2 is 1.65 bits per heavy atom. The van der Waals surface area contributed by atoms with Crippen LogP contribution in [0.3, 0.4) is 0 Å². The average molecular weight is 412 g/mol. The minimum atomic E-state index is -0.494. The SMILES string of the molecule is O=c1c2ccccc2c2c(O)nc(-c3cccc([N+](=O)[O-])c3)n2n1Cc1ccccc1. The van der Waals surface area contributed by atoms with E-state index in [1.54, 1.807) is 40.9 Å². The van der Waals surface area contributed by atoms with Crippen molar-refractivity contribution < 1.29 is 10.0 Å². The Kier molecular flexibility index (Phi) is 4.25. The second-order valence-corrected chi connectivity index (χ2v) is 7.12. The number of fused-ring (bicyclic) bond motifs is 3. The fraction of sp³-hybridized carbons (Fsp3) is 0.0435. The minimum Gasteiger partial charge on any atom is -0.492 e. The van der Waals surface area contributed by atoms with Gasteiger partial charge in [-0.2, -0.15) is 4.98 Å². The summed E-state index contributed by atoms with van der Waals surface area (Å²) in [6.07, 6.45) is 0. The molecular weight excluding hydrogens is 396 g/mol. The third-order valence-electron chi connectivity index (χ3n) is 5.21. The molecule has 0 fully saturated rings. The summed E-state index contributed by atoms with van der Waals surface area (Å²) in [5, 5.41) is 23.0. The molecule has 2 aromatic heterocycles. The molecule has 0 atom stereocenters. The van der Waals surface area contributed by atoms with Crippen LogP contribution in [0, 0.1) is 10.1 Å². The van der Waals surface area contributed by atoms with Gasteiger partial charge < -0.3 is 5.11 Å². The number of benzene rings is 3. The van der Waals surface area contributed by atoms with E-state index < -0.39 is 4.92 Å². The molecule has 0 unspecified atom stereocenters. The van der Waals surface area contributed by atoms with Gasteiger partial charge in [0, 0.05) is 23.1 Å². The van der Waals surface area contributed by atoms with Crippen molar-refractivity contribution in [1.29, 1.82) is 0 Å². The number of hydrogen-bond acceptors (Lipinski definition) is 5. The lowest BCUT2D eigenvalue weighted by atomic mass is 10.1. The number of non-ortho nitro benzene ring substituents is 1. The molecule has 152 valence electrons. The van der Waals surface area contributed by atoms with E-state index in [9.17, 15) is 20.0 Å². The van der Waals surface area contributed by atoms with E-state index in [4.69, 9.17) is 0 Å². The van der Waals surface area contributed by atoms with Crippen LogP contribution in [0.2, 0.25) is 0 Å². The average Bonchev–Trinajstić information content (AvgIpc) is 3.14. The van der Waals surface area contributed by atoms with E-state index in [0.717, 1.165) is 5.56 Å². The van der Waals surface area contributed by atoms with Gasteiger partial charge in [0.25, 0.3) is 11.2 Å². The summed E-state index contributed by atoms with van der Waals surface area (Å²) in [5.74, 6) is -0.00509. The van der Waals surface area contributed by atoms with Crippen molar-refractivity contribution in [3.63, 3.8) is 0 Å². The van der Waals surface area contributed by atoms with Crippen LogP contribution in [-0.2, 0) is 6.54 Å². The molecule has 0 aliphatic rings. The van der Waals surface area contributed by atoms with Crippen LogP contribution in [0.1, 0.15) is 5.56 Å². The van der Waals surface area contributed by atoms with E-state index in [-0.39, 0.29) is 29.5 Å². The van der Waals surface area contributed by atoms with E-state index in [0.29, 0.717) is 21.9 Å². The lowest BCUT2D eigenvalue weighted by Gasteiger charge is -2.14. The first-order chi connectivity index (χ1) is 15.0. The first-order valence-electron chi connectivity index (χ1n) is 9.56. The van der Waals surface area contributed by atoms with Gasteiger partial charge in [-0.3, -0.25) is 14.9 Å². The summed E-state index contributed by atoms with van der Waals surface area (Å²) >= 11 is 0. The molecule has 0 radical (unpaired) electrons. The number of rotatable bonds is 4. The molecule has 8 nitrogen and oxygen atoms in total. The topological polar surface area (TPSA) is 103 Å². The molecule has 0 bridgehead atoms. The summed E-state index contributed by atoms with van der Waals surface area (Å²) in [7, 11) is 0. The molecule has 5 rings (SSSR count). The van der Waals surface area contributed by atoms with Gasteiger partial charge >= 0.3 is 0 Å². The Labute approximate surface area is 175 Å². The predicted molar refractivity (Wildman–Crippen MR) is 116 cm³/mol. The third kappa shape index (κ3) is 3.01. The van der Waals surface area contributed by atoms with Gasteiger partial charge in [-0.25, -0.2) is 9.20 Å². The molecule has 5 aromatic rings. The highest BCUT2D eigenvalue weighted by Gasteiger charge is 2.21. The second-order valence-electron chi connectivity index (χ2n) is 7.12. The quantitative estimate of drug-likeness (QED) is 0.355. The number of aromatic nitrogens is 3. The highest BCUT2D eigenvalue weighted by Crippen LogP contribution is 2.32. The fourth-order valence-electron chi connectivity index (χ4n) is 3.82. The van der Waals surface area contributed by atoms with Crippen molar-refractivity contribution in [2.75, 3.05) is 0 Å². The normalized spacial score (nSPS) is 11.2. The second kappa shape index (κ2) is 7.10. The molecule has 2 heterocycles. The van der Waals surface area contributed by atoms with Gasteiger partial charge in [-0.1, -0.05) is 60.7 Å². The van der Waals surface area contributed by atoms with Crippen LogP contribution >= 0.6 is 0 Å². The Hall–Kier alpha value is -4.46. The third-order valence-corrected chi connectivity index (χ3v) is 5.21. The van der Waals surface area contributed by atoms with Gasteiger partial charge in [-0.05, 0) is 11.6 Å². The summed E-state index contributed by atoms with van der Waals surface area (Å²) in [6.45, 7) is 0.235. The molecule has 3 aromatic carbocycles. The van der Waals surface area contributed by atoms with E-state index in [1.165, 1.54) is 16.8 Å². The number of nitro benzene ring substituents is 1. The summed E-state index contributed by atoms with van der Waals surface area (Å²) < 4.78 is 3.04. The lowest BCUT2D eigenvalue weighted by molar-refractivity contribution is -0.384. The first-order valence-corrected chi connectivity index (χ1v) is 9.56. The van der Waals surface area contributed by atoms with Gasteiger partial charge in [0.2, 0.25) is 5.88 Å². The molecule has 31 heavy (non-hydrogen) atoms. The molecule has 0 saturated carbocycles. The summed E-state index contributed by atoms with van der Waals surface area (Å²) in [5.41, 5.74) is 1.32. The number of imidazole rings is 1. The minimum absolute atomic E-state index is 0.105. The van der Waals surface area contributed by atoms with Crippen LogP contribution in [0.5, 0.6) is 5.88 Å². The Balaban J connectivity index is 1.89. The fourth-order valence-corrected chi connectivity index (χ4v) is 3.82. The van der Waals surface area contributed by atoms with E-state index in [2.05, 4.69) is 4.98 Å². The van der Waals surface area contributed by atoms with Gasteiger partial charge in [0.05, 0.1) is 16.9 Å². The van der Waals surface area contributed by atoms with Crippen molar-refractivity contribution >= 4 is 22.0 Å². The van der Waals surface area contributed by atoms with Crippen molar-refractivity contribution in [3.05, 3.63) is 105 Å². The predicted octanol–water partition coefficient (Wildman–Crippen LogP) is 3.98. The standard InChI is InChI=1S/C23H16N4O4/c28-22-20-18-11-4-5-12-19(18)23(29)25(14-15-7-2-1-3-8-15)26(20)21(24-22)16-9-6-10-17(13-16)27(30)31/h1-13,28H,14H2. The Morgan fingerprint density at radius 3 is 2.39 bits per heavy atom. The van der Waals surface area contributed by atoms with Crippen LogP contribution < -0.4 is 5.56 Å². The van der Waals surface area contributed by atoms with Crippen LogP contribution in [0.15, 0.2) is 83.7 Å². The number of hydrogen-bond donors (Lipinski definition) is 1. The zero-order chi connectivity index (χ0) is 21.5. The lowest BCUT2D eigenvalue weighted by Crippen LogP contribution is -2.27. The van der Waals surface area contributed by atoms with Crippen LogP contribution in [-0.4, -0.2) is 24.2 Å². The maximum Gasteiger partial charge on any atom is 0.273 e. The van der Waals surface area contributed by atoms with Crippen LogP contribution in [0.25, 0.3) is 27.7 Å². The molecular formula is C23H16N4O4. The van der Waals surface area contributed by atoms with E-state index in [1.807, 2.05) is 30.3 Å². The van der Waals surface area contributed by atoms with Gasteiger partial charge in [0.1, 0.15) is 5.52 Å². The van der Waals surface area contributed by atoms with Gasteiger partial charge in [-0.15, -0.1) is 0 Å².